The summed E-state index contributed by atoms with van der Waals surface area (Å²) in [5, 5.41) is 17.9. The average molecular weight is 422 g/mol. The number of carbonyl (C=O) groups excluding carboxylic acids is 1. The average Bonchev–Trinajstić information content (AvgIpc) is 3.23. The molecule has 8 heteroatoms. The molecule has 1 N–H and O–H groups in total. The number of aromatic nitrogens is 2. The Bertz CT molecular complexity index is 1030. The van der Waals surface area contributed by atoms with Gasteiger partial charge in [0.1, 0.15) is 5.75 Å². The zero-order valence-electron chi connectivity index (χ0n) is 17.8. The number of carbonyl (C=O) groups is 1. The number of aryl methyl sites for hydroxylation is 1. The quantitative estimate of drug-likeness (QED) is 0.409. The topological polar surface area (TPSA) is 99.3 Å². The van der Waals surface area contributed by atoms with Crippen LogP contribution in [0.25, 0.3) is 5.69 Å². The second-order valence-electron chi connectivity index (χ2n) is 7.67. The molecule has 31 heavy (non-hydrogen) atoms. The van der Waals surface area contributed by atoms with Crippen LogP contribution < -0.4 is 10.1 Å². The molecule has 0 bridgehead atoms. The molecule has 0 saturated carbocycles. The highest BCUT2D eigenvalue weighted by molar-refractivity contribution is 5.93. The molecule has 1 aromatic heterocycles. The summed E-state index contributed by atoms with van der Waals surface area (Å²) < 4.78 is 7.17. The van der Waals surface area contributed by atoms with Crippen molar-refractivity contribution in [2.24, 2.45) is 0 Å². The molecule has 3 rings (SSSR count). The molecule has 3 aromatic rings. The van der Waals surface area contributed by atoms with Crippen LogP contribution in [0, 0.1) is 10.1 Å². The maximum atomic E-state index is 12.5. The SMILES string of the molecule is CC(CCc1ccc(OC(C)C)cc1)NC(=O)c1cnn(-c2ccc([N+](=O)[O-])cc2)c1. The first-order valence-corrected chi connectivity index (χ1v) is 10.2. The van der Waals surface area contributed by atoms with Crippen molar-refractivity contribution >= 4 is 11.6 Å². The first-order valence-electron chi connectivity index (χ1n) is 10.2. The van der Waals surface area contributed by atoms with Gasteiger partial charge < -0.3 is 10.1 Å². The van der Waals surface area contributed by atoms with Crippen molar-refractivity contribution < 1.29 is 14.5 Å². The van der Waals surface area contributed by atoms with Crippen molar-refractivity contribution in [3.05, 3.63) is 82.2 Å². The molecule has 1 heterocycles. The fourth-order valence-electron chi connectivity index (χ4n) is 3.08. The number of hydrogen-bond acceptors (Lipinski definition) is 5. The predicted molar refractivity (Wildman–Crippen MR) is 118 cm³/mol. The second kappa shape index (κ2) is 9.88. The molecule has 162 valence electrons. The Morgan fingerprint density at radius 1 is 1.13 bits per heavy atom. The molecule has 1 atom stereocenters. The first kappa shape index (κ1) is 22.0. The summed E-state index contributed by atoms with van der Waals surface area (Å²) >= 11 is 0. The molecule has 0 aliphatic heterocycles. The summed E-state index contributed by atoms with van der Waals surface area (Å²) in [6.45, 7) is 5.96. The molecule has 0 saturated heterocycles. The van der Waals surface area contributed by atoms with Crippen LogP contribution >= 0.6 is 0 Å². The first-order chi connectivity index (χ1) is 14.8. The molecule has 1 unspecified atom stereocenters. The van der Waals surface area contributed by atoms with E-state index in [0.29, 0.717) is 11.3 Å². The fraction of sp³-hybridized carbons (Fsp3) is 0.304. The number of nitrogens with one attached hydrogen (secondary N) is 1. The molecule has 8 nitrogen and oxygen atoms in total. The molecule has 2 aromatic carbocycles. The number of nitro benzene ring substituents is 1. The van der Waals surface area contributed by atoms with Gasteiger partial charge in [0.2, 0.25) is 0 Å². The van der Waals surface area contributed by atoms with Gasteiger partial charge in [-0.3, -0.25) is 14.9 Å². The number of nitrogens with zero attached hydrogens (tertiary/aromatic N) is 3. The van der Waals surface area contributed by atoms with E-state index in [4.69, 9.17) is 4.74 Å². The van der Waals surface area contributed by atoms with Crippen LogP contribution in [0.4, 0.5) is 5.69 Å². The van der Waals surface area contributed by atoms with Gasteiger partial charge in [0, 0.05) is 24.4 Å². The van der Waals surface area contributed by atoms with Gasteiger partial charge in [-0.15, -0.1) is 0 Å². The number of amides is 1. The standard InChI is InChI=1S/C23H26N4O4/c1-16(2)31-22-12-6-18(7-13-22)5-4-17(3)25-23(28)19-14-24-26(15-19)20-8-10-21(11-9-20)27(29)30/h6-17H,4-5H2,1-3H3,(H,25,28). The summed E-state index contributed by atoms with van der Waals surface area (Å²) in [5.74, 6) is 0.645. The molecular formula is C23H26N4O4. The second-order valence-corrected chi connectivity index (χ2v) is 7.67. The third kappa shape index (κ3) is 6.15. The van der Waals surface area contributed by atoms with E-state index in [1.54, 1.807) is 18.3 Å². The highest BCUT2D eigenvalue weighted by Crippen LogP contribution is 2.17. The zero-order valence-corrected chi connectivity index (χ0v) is 17.8. The molecular weight excluding hydrogens is 396 g/mol. The molecule has 0 radical (unpaired) electrons. The van der Waals surface area contributed by atoms with E-state index in [1.807, 2.05) is 45.0 Å². The zero-order chi connectivity index (χ0) is 22.4. The Balaban J connectivity index is 1.52. The van der Waals surface area contributed by atoms with Crippen LogP contribution in [0.5, 0.6) is 5.75 Å². The molecule has 1 amide bonds. The number of hydrogen-bond donors (Lipinski definition) is 1. The summed E-state index contributed by atoms with van der Waals surface area (Å²) in [7, 11) is 0. The van der Waals surface area contributed by atoms with Gasteiger partial charge in [0.15, 0.2) is 0 Å². The lowest BCUT2D eigenvalue weighted by Gasteiger charge is -2.14. The van der Waals surface area contributed by atoms with Crippen molar-refractivity contribution in [3.8, 4) is 11.4 Å². The largest absolute Gasteiger partial charge is 0.491 e. The number of non-ortho nitro benzene ring substituents is 1. The van der Waals surface area contributed by atoms with E-state index in [9.17, 15) is 14.9 Å². The van der Waals surface area contributed by atoms with Crippen molar-refractivity contribution in [1.29, 1.82) is 0 Å². The summed E-state index contributed by atoms with van der Waals surface area (Å²) in [6.07, 6.45) is 4.87. The van der Waals surface area contributed by atoms with Crippen LogP contribution in [-0.2, 0) is 6.42 Å². The minimum Gasteiger partial charge on any atom is -0.491 e. The number of nitro groups is 1. The minimum absolute atomic E-state index is 0.00443. The molecule has 0 spiro atoms. The maximum absolute atomic E-state index is 12.5. The Morgan fingerprint density at radius 2 is 1.81 bits per heavy atom. The third-order valence-electron chi connectivity index (χ3n) is 4.71. The van der Waals surface area contributed by atoms with Crippen LogP contribution in [0.3, 0.4) is 0 Å². The summed E-state index contributed by atoms with van der Waals surface area (Å²) in [4.78, 5) is 22.8. The van der Waals surface area contributed by atoms with Crippen LogP contribution in [-0.4, -0.2) is 32.8 Å². The van der Waals surface area contributed by atoms with Gasteiger partial charge in [-0.05, 0) is 63.4 Å². The van der Waals surface area contributed by atoms with Crippen molar-refractivity contribution in [2.75, 3.05) is 0 Å². The van der Waals surface area contributed by atoms with Crippen LogP contribution in [0.2, 0.25) is 0 Å². The van der Waals surface area contributed by atoms with E-state index in [0.717, 1.165) is 18.6 Å². The van der Waals surface area contributed by atoms with E-state index in [-0.39, 0.29) is 23.7 Å². The lowest BCUT2D eigenvalue weighted by molar-refractivity contribution is -0.384. The van der Waals surface area contributed by atoms with Gasteiger partial charge >= 0.3 is 0 Å². The Hall–Kier alpha value is -3.68. The molecule has 0 aliphatic carbocycles. The Labute approximate surface area is 181 Å². The Morgan fingerprint density at radius 3 is 2.42 bits per heavy atom. The van der Waals surface area contributed by atoms with Crippen molar-refractivity contribution in [3.63, 3.8) is 0 Å². The van der Waals surface area contributed by atoms with Crippen LogP contribution in [0.15, 0.2) is 60.9 Å². The van der Waals surface area contributed by atoms with Gasteiger partial charge in [0.25, 0.3) is 11.6 Å². The fourth-order valence-corrected chi connectivity index (χ4v) is 3.08. The monoisotopic (exact) mass is 422 g/mol. The normalized spacial score (nSPS) is 11.9. The van der Waals surface area contributed by atoms with Gasteiger partial charge in [-0.25, -0.2) is 4.68 Å². The van der Waals surface area contributed by atoms with Crippen molar-refractivity contribution in [1.82, 2.24) is 15.1 Å². The summed E-state index contributed by atoms with van der Waals surface area (Å²) in [6, 6.07) is 14.0. The molecule has 0 fully saturated rings. The third-order valence-corrected chi connectivity index (χ3v) is 4.71. The number of benzene rings is 2. The van der Waals surface area contributed by atoms with Gasteiger partial charge in [-0.1, -0.05) is 12.1 Å². The van der Waals surface area contributed by atoms with E-state index < -0.39 is 4.92 Å². The minimum atomic E-state index is -0.457. The van der Waals surface area contributed by atoms with E-state index in [2.05, 4.69) is 10.4 Å². The lowest BCUT2D eigenvalue weighted by atomic mass is 10.1. The number of ether oxygens (including phenoxy) is 1. The van der Waals surface area contributed by atoms with E-state index >= 15 is 0 Å². The number of rotatable bonds is 9. The van der Waals surface area contributed by atoms with Crippen LogP contribution in [0.1, 0.15) is 43.1 Å². The molecule has 0 aliphatic rings. The highest BCUT2D eigenvalue weighted by Gasteiger charge is 2.13. The van der Waals surface area contributed by atoms with Crippen molar-refractivity contribution in [2.45, 2.75) is 45.8 Å². The van der Waals surface area contributed by atoms with Gasteiger partial charge in [-0.2, -0.15) is 5.10 Å². The predicted octanol–water partition coefficient (Wildman–Crippen LogP) is 4.32. The highest BCUT2D eigenvalue weighted by atomic mass is 16.6. The van der Waals surface area contributed by atoms with E-state index in [1.165, 1.54) is 28.6 Å². The Kier molecular flexibility index (Phi) is 7.02. The maximum Gasteiger partial charge on any atom is 0.269 e. The van der Waals surface area contributed by atoms with Gasteiger partial charge in [0.05, 0.1) is 28.5 Å². The lowest BCUT2D eigenvalue weighted by Crippen LogP contribution is -2.32. The smallest absolute Gasteiger partial charge is 0.269 e. The summed E-state index contributed by atoms with van der Waals surface area (Å²) in [5.41, 5.74) is 2.26.